The Morgan fingerprint density at radius 1 is 1.53 bits per heavy atom. The van der Waals surface area contributed by atoms with Crippen LogP contribution in [0, 0.1) is 5.82 Å². The Balaban J connectivity index is 2.56. The Hall–Kier alpha value is -1.32. The quantitative estimate of drug-likeness (QED) is 0.339. The maximum atomic E-state index is 12.9. The molecule has 5 heteroatoms. The molecule has 0 N–H and O–H groups in total. The molecule has 0 radical (unpaired) electrons. The second-order valence-electron chi connectivity index (χ2n) is 2.82. The summed E-state index contributed by atoms with van der Waals surface area (Å²) >= 11 is 3.10. The molecular weight excluding hydrogens is 261 g/mol. The van der Waals surface area contributed by atoms with Crippen LogP contribution in [0.25, 0.3) is 16.5 Å². The summed E-state index contributed by atoms with van der Waals surface area (Å²) in [5.74, 6) is -0.277. The lowest BCUT2D eigenvalue weighted by atomic mass is 10.2. The lowest BCUT2D eigenvalue weighted by Crippen LogP contribution is -1.79. The van der Waals surface area contributed by atoms with Crippen molar-refractivity contribution in [3.05, 3.63) is 50.6 Å². The van der Waals surface area contributed by atoms with Crippen molar-refractivity contribution in [1.29, 1.82) is 0 Å². The van der Waals surface area contributed by atoms with Crippen LogP contribution in [0.3, 0.4) is 0 Å². The van der Waals surface area contributed by atoms with Gasteiger partial charge in [0.1, 0.15) is 5.82 Å². The molecule has 0 saturated heterocycles. The monoisotopic (exact) mass is 269 g/mol. The van der Waals surface area contributed by atoms with Crippen molar-refractivity contribution in [2.75, 3.05) is 6.54 Å². The lowest BCUT2D eigenvalue weighted by Gasteiger charge is -1.96. The molecule has 0 aliphatic rings. The molecule has 0 fully saturated rings. The number of rotatable bonds is 4. The van der Waals surface area contributed by atoms with Gasteiger partial charge in [-0.3, -0.25) is 0 Å². The zero-order valence-corrected chi connectivity index (χ0v) is 9.48. The SMILES string of the molecule is [N-]=[N+]=NCCC=Cc1ccc(F)c(Br)c1. The van der Waals surface area contributed by atoms with E-state index in [1.165, 1.54) is 6.07 Å². The minimum Gasteiger partial charge on any atom is -0.206 e. The molecule has 0 heterocycles. The normalized spacial score (nSPS) is 10.3. The molecule has 0 aromatic heterocycles. The van der Waals surface area contributed by atoms with Crippen molar-refractivity contribution in [3.63, 3.8) is 0 Å². The van der Waals surface area contributed by atoms with Crippen LogP contribution < -0.4 is 0 Å². The van der Waals surface area contributed by atoms with Crippen molar-refractivity contribution in [2.24, 2.45) is 5.11 Å². The number of nitrogens with zero attached hydrogens (tertiary/aromatic N) is 3. The van der Waals surface area contributed by atoms with Crippen LogP contribution in [0.4, 0.5) is 4.39 Å². The Bertz CT molecular complexity index is 411. The lowest BCUT2D eigenvalue weighted by molar-refractivity contribution is 0.621. The first-order chi connectivity index (χ1) is 7.24. The molecule has 1 aromatic rings. The summed E-state index contributed by atoms with van der Waals surface area (Å²) in [5, 5.41) is 3.39. The number of halogens is 2. The second kappa shape index (κ2) is 6.22. The van der Waals surface area contributed by atoms with Gasteiger partial charge in [0.15, 0.2) is 0 Å². The molecule has 3 nitrogen and oxygen atoms in total. The molecule has 0 amide bonds. The summed E-state index contributed by atoms with van der Waals surface area (Å²) in [5.41, 5.74) is 8.94. The van der Waals surface area contributed by atoms with E-state index in [2.05, 4.69) is 26.0 Å². The van der Waals surface area contributed by atoms with Crippen LogP contribution in [0.5, 0.6) is 0 Å². The molecule has 0 bridgehead atoms. The summed E-state index contributed by atoms with van der Waals surface area (Å²) in [6, 6.07) is 4.78. The Morgan fingerprint density at radius 2 is 2.33 bits per heavy atom. The number of hydrogen-bond acceptors (Lipinski definition) is 1. The molecule has 15 heavy (non-hydrogen) atoms. The van der Waals surface area contributed by atoms with Gasteiger partial charge in [0.2, 0.25) is 0 Å². The molecule has 0 atom stereocenters. The van der Waals surface area contributed by atoms with E-state index in [1.807, 2.05) is 12.2 Å². The van der Waals surface area contributed by atoms with E-state index in [0.717, 1.165) is 5.56 Å². The summed E-state index contributed by atoms with van der Waals surface area (Å²) in [6.45, 7) is 0.440. The van der Waals surface area contributed by atoms with Gasteiger partial charge in [0, 0.05) is 11.5 Å². The van der Waals surface area contributed by atoms with Crippen molar-refractivity contribution in [2.45, 2.75) is 6.42 Å². The minimum absolute atomic E-state index is 0.277. The van der Waals surface area contributed by atoms with Gasteiger partial charge >= 0.3 is 0 Å². The third-order valence-corrected chi connectivity index (χ3v) is 2.32. The average molecular weight is 270 g/mol. The number of azide groups is 1. The fourth-order valence-corrected chi connectivity index (χ4v) is 1.41. The van der Waals surface area contributed by atoms with E-state index in [0.29, 0.717) is 17.4 Å². The maximum Gasteiger partial charge on any atom is 0.137 e. The Kier molecular flexibility index (Phi) is 4.87. The van der Waals surface area contributed by atoms with Gasteiger partial charge in [-0.1, -0.05) is 23.3 Å². The van der Waals surface area contributed by atoms with Crippen LogP contribution in [-0.4, -0.2) is 6.54 Å². The van der Waals surface area contributed by atoms with E-state index < -0.39 is 0 Å². The number of hydrogen-bond donors (Lipinski definition) is 0. The van der Waals surface area contributed by atoms with Crippen molar-refractivity contribution < 1.29 is 4.39 Å². The summed E-state index contributed by atoms with van der Waals surface area (Å²) < 4.78 is 13.3. The van der Waals surface area contributed by atoms with Gasteiger partial charge in [0.25, 0.3) is 0 Å². The molecule has 1 rings (SSSR count). The average Bonchev–Trinajstić information content (AvgIpc) is 2.23. The molecule has 1 aromatic carbocycles. The van der Waals surface area contributed by atoms with Crippen molar-refractivity contribution >= 4 is 22.0 Å². The highest BCUT2D eigenvalue weighted by atomic mass is 79.9. The first-order valence-electron chi connectivity index (χ1n) is 4.36. The van der Waals surface area contributed by atoms with Gasteiger partial charge < -0.3 is 0 Å². The third-order valence-electron chi connectivity index (χ3n) is 1.71. The predicted octanol–water partition coefficient (Wildman–Crippen LogP) is 4.30. The van der Waals surface area contributed by atoms with E-state index >= 15 is 0 Å². The van der Waals surface area contributed by atoms with Gasteiger partial charge in [-0.05, 0) is 45.6 Å². The zero-order valence-electron chi connectivity index (χ0n) is 7.90. The van der Waals surface area contributed by atoms with E-state index in [4.69, 9.17) is 5.53 Å². The van der Waals surface area contributed by atoms with Gasteiger partial charge in [-0.25, -0.2) is 4.39 Å². The summed E-state index contributed by atoms with van der Waals surface area (Å²) in [7, 11) is 0. The molecule has 0 aliphatic carbocycles. The van der Waals surface area contributed by atoms with E-state index in [9.17, 15) is 4.39 Å². The Morgan fingerprint density at radius 3 is 3.00 bits per heavy atom. The largest absolute Gasteiger partial charge is 0.206 e. The van der Waals surface area contributed by atoms with Crippen LogP contribution in [0.15, 0.2) is 33.9 Å². The molecular formula is C10H9BrFN3. The number of benzene rings is 1. The fourth-order valence-electron chi connectivity index (χ4n) is 1.01. The maximum absolute atomic E-state index is 12.9. The second-order valence-corrected chi connectivity index (χ2v) is 3.67. The van der Waals surface area contributed by atoms with Gasteiger partial charge in [-0.2, -0.15) is 0 Å². The minimum atomic E-state index is -0.277. The zero-order chi connectivity index (χ0) is 11.1. The van der Waals surface area contributed by atoms with Crippen LogP contribution in [0.1, 0.15) is 12.0 Å². The smallest absolute Gasteiger partial charge is 0.137 e. The van der Waals surface area contributed by atoms with Crippen molar-refractivity contribution in [1.82, 2.24) is 0 Å². The van der Waals surface area contributed by atoms with Gasteiger partial charge in [-0.15, -0.1) is 0 Å². The molecule has 0 saturated carbocycles. The highest BCUT2D eigenvalue weighted by molar-refractivity contribution is 9.10. The van der Waals surface area contributed by atoms with E-state index in [-0.39, 0.29) is 5.82 Å². The highest BCUT2D eigenvalue weighted by Crippen LogP contribution is 2.17. The highest BCUT2D eigenvalue weighted by Gasteiger charge is 1.97. The first-order valence-corrected chi connectivity index (χ1v) is 5.16. The van der Waals surface area contributed by atoms with E-state index in [1.54, 1.807) is 12.1 Å². The first kappa shape index (κ1) is 11.8. The fraction of sp³-hybridized carbons (Fsp3) is 0.200. The topological polar surface area (TPSA) is 48.8 Å². The standard InChI is InChI=1S/C10H9BrFN3/c11-9-7-8(4-5-10(9)12)3-1-2-6-14-15-13/h1,3-5,7H,2,6H2. The molecule has 78 valence electrons. The third kappa shape index (κ3) is 4.14. The van der Waals surface area contributed by atoms with Crippen LogP contribution in [-0.2, 0) is 0 Å². The van der Waals surface area contributed by atoms with Crippen molar-refractivity contribution in [3.8, 4) is 0 Å². The summed E-state index contributed by atoms with van der Waals surface area (Å²) in [4.78, 5) is 2.64. The molecule has 0 spiro atoms. The van der Waals surface area contributed by atoms with Crippen LogP contribution in [0.2, 0.25) is 0 Å². The van der Waals surface area contributed by atoms with Gasteiger partial charge in [0.05, 0.1) is 4.47 Å². The molecule has 0 unspecified atom stereocenters. The predicted molar refractivity (Wildman–Crippen MR) is 61.8 cm³/mol. The summed E-state index contributed by atoms with van der Waals surface area (Å²) in [6.07, 6.45) is 4.42. The Labute approximate surface area is 95.4 Å². The van der Waals surface area contributed by atoms with Crippen LogP contribution >= 0.6 is 15.9 Å². The molecule has 0 aliphatic heterocycles.